The Morgan fingerprint density at radius 2 is 1.79 bits per heavy atom. The first-order chi connectivity index (χ1) is 16.0. The van der Waals surface area contributed by atoms with Gasteiger partial charge in [-0.15, -0.1) is 0 Å². The quantitative estimate of drug-likeness (QED) is 0.608. The third kappa shape index (κ3) is 3.95. The van der Waals surface area contributed by atoms with E-state index in [0.717, 1.165) is 29.5 Å². The van der Waals surface area contributed by atoms with Crippen molar-refractivity contribution < 1.29 is 18.4 Å². The smallest absolute Gasteiger partial charge is 0.290 e. The van der Waals surface area contributed by atoms with Crippen LogP contribution < -0.4 is 5.43 Å². The molecule has 0 atom stereocenters. The van der Waals surface area contributed by atoms with Crippen molar-refractivity contribution in [2.75, 3.05) is 6.54 Å². The van der Waals surface area contributed by atoms with Gasteiger partial charge in [0.05, 0.1) is 11.3 Å². The van der Waals surface area contributed by atoms with E-state index in [2.05, 4.69) is 22.7 Å². The van der Waals surface area contributed by atoms with Gasteiger partial charge in [-0.1, -0.05) is 36.4 Å². The van der Waals surface area contributed by atoms with Crippen LogP contribution in [0.5, 0.6) is 0 Å². The predicted molar refractivity (Wildman–Crippen MR) is 122 cm³/mol. The van der Waals surface area contributed by atoms with Crippen LogP contribution in [0.25, 0.3) is 0 Å². The normalized spacial score (nSPS) is 16.3. The van der Waals surface area contributed by atoms with Gasteiger partial charge in [0.1, 0.15) is 11.6 Å². The molecule has 1 aliphatic heterocycles. The number of hydrogen-bond acceptors (Lipinski definition) is 4. The number of hydrazone groups is 1. The summed E-state index contributed by atoms with van der Waals surface area (Å²) < 4.78 is 19.9. The largest absolute Gasteiger partial charge is 0.455 e. The van der Waals surface area contributed by atoms with Crippen molar-refractivity contribution >= 4 is 17.5 Å². The van der Waals surface area contributed by atoms with Gasteiger partial charge in [0.25, 0.3) is 11.8 Å². The fourth-order valence-corrected chi connectivity index (χ4v) is 4.62. The van der Waals surface area contributed by atoms with E-state index in [1.807, 2.05) is 24.0 Å². The number of benzene rings is 2. The molecule has 0 radical (unpaired) electrons. The number of nitrogens with zero attached hydrogens (tertiary/aromatic N) is 2. The van der Waals surface area contributed by atoms with Crippen LogP contribution in [-0.4, -0.2) is 29.0 Å². The summed E-state index contributed by atoms with van der Waals surface area (Å²) in [6, 6.07) is 13.9. The van der Waals surface area contributed by atoms with Gasteiger partial charge in [0.2, 0.25) is 0 Å². The summed E-state index contributed by atoms with van der Waals surface area (Å²) in [7, 11) is 0. The summed E-state index contributed by atoms with van der Waals surface area (Å²) in [6.45, 7) is 3.05. The number of carbonyl (C=O) groups is 2. The van der Waals surface area contributed by atoms with E-state index in [9.17, 15) is 14.0 Å². The third-order valence-corrected chi connectivity index (χ3v) is 6.35. The molecule has 2 amide bonds. The minimum atomic E-state index is -0.614. The summed E-state index contributed by atoms with van der Waals surface area (Å²) in [5.41, 5.74) is 6.97. The molecule has 3 aromatic rings. The Bertz CT molecular complexity index is 1280. The minimum absolute atomic E-state index is 0.0666. The minimum Gasteiger partial charge on any atom is -0.455 e. The summed E-state index contributed by atoms with van der Waals surface area (Å²) in [4.78, 5) is 27.5. The molecule has 1 aromatic heterocycles. The van der Waals surface area contributed by atoms with Crippen molar-refractivity contribution in [3.05, 3.63) is 93.7 Å². The number of aryl methyl sites for hydroxylation is 1. The van der Waals surface area contributed by atoms with Crippen LogP contribution >= 0.6 is 0 Å². The van der Waals surface area contributed by atoms with Gasteiger partial charge in [-0.05, 0) is 49.4 Å². The molecule has 5 rings (SSSR count). The Hall–Kier alpha value is -3.74. The van der Waals surface area contributed by atoms with E-state index in [4.69, 9.17) is 4.42 Å². The highest BCUT2D eigenvalue weighted by molar-refractivity contribution is 6.07. The van der Waals surface area contributed by atoms with Crippen LogP contribution in [-0.2, 0) is 19.4 Å². The number of hydrogen-bond donors (Lipinski definition) is 1. The highest BCUT2D eigenvalue weighted by Crippen LogP contribution is 2.31. The Kier molecular flexibility index (Phi) is 5.54. The molecule has 1 aliphatic carbocycles. The molecule has 2 aliphatic rings. The number of nitrogens with one attached hydrogen (secondary N) is 1. The van der Waals surface area contributed by atoms with Crippen LogP contribution in [0, 0.1) is 12.7 Å². The van der Waals surface area contributed by atoms with Gasteiger partial charge >= 0.3 is 0 Å². The van der Waals surface area contributed by atoms with Crippen LogP contribution in [0.4, 0.5) is 4.39 Å². The zero-order valence-corrected chi connectivity index (χ0v) is 18.4. The summed E-state index contributed by atoms with van der Waals surface area (Å²) in [5, 5.41) is 4.28. The molecule has 33 heavy (non-hydrogen) atoms. The predicted octanol–water partition coefficient (Wildman–Crippen LogP) is 4.40. The van der Waals surface area contributed by atoms with Crippen LogP contribution in [0.15, 0.2) is 58.0 Å². The van der Waals surface area contributed by atoms with E-state index in [1.165, 1.54) is 23.8 Å². The molecule has 0 saturated heterocycles. The van der Waals surface area contributed by atoms with Crippen molar-refractivity contribution in [2.24, 2.45) is 5.10 Å². The lowest BCUT2D eigenvalue weighted by Crippen LogP contribution is -2.36. The molecule has 168 valence electrons. The third-order valence-electron chi connectivity index (χ3n) is 6.35. The molecular formula is C26H24FN3O3. The zero-order valence-electron chi connectivity index (χ0n) is 18.4. The topological polar surface area (TPSA) is 74.9 Å². The van der Waals surface area contributed by atoms with Crippen molar-refractivity contribution in [1.29, 1.82) is 0 Å². The average Bonchev–Trinajstić information content (AvgIpc) is 3.19. The van der Waals surface area contributed by atoms with Crippen molar-refractivity contribution in [2.45, 2.75) is 39.2 Å². The molecule has 0 bridgehead atoms. The number of halogens is 1. The Morgan fingerprint density at radius 3 is 2.61 bits per heavy atom. The molecule has 1 N–H and O–H groups in total. The maximum atomic E-state index is 13.9. The Labute approximate surface area is 191 Å². The lowest BCUT2D eigenvalue weighted by atomic mass is 9.93. The molecule has 0 fully saturated rings. The lowest BCUT2D eigenvalue weighted by Gasteiger charge is -2.28. The van der Waals surface area contributed by atoms with Crippen LogP contribution in [0.1, 0.15) is 61.8 Å². The van der Waals surface area contributed by atoms with E-state index < -0.39 is 11.7 Å². The second-order valence-electron chi connectivity index (χ2n) is 8.43. The maximum absolute atomic E-state index is 13.9. The fourth-order valence-electron chi connectivity index (χ4n) is 4.62. The van der Waals surface area contributed by atoms with E-state index in [0.29, 0.717) is 43.2 Å². The van der Waals surface area contributed by atoms with Gasteiger partial charge in [-0.2, -0.15) is 5.10 Å². The number of furan rings is 1. The van der Waals surface area contributed by atoms with Crippen LogP contribution in [0.2, 0.25) is 0 Å². The molecular weight excluding hydrogens is 421 g/mol. The maximum Gasteiger partial charge on any atom is 0.290 e. The zero-order chi connectivity index (χ0) is 22.9. The second kappa shape index (κ2) is 8.65. The monoisotopic (exact) mass is 445 g/mol. The van der Waals surface area contributed by atoms with Crippen molar-refractivity contribution in [3.8, 4) is 0 Å². The first-order valence-corrected chi connectivity index (χ1v) is 11.1. The first kappa shape index (κ1) is 21.1. The van der Waals surface area contributed by atoms with E-state index in [1.54, 1.807) is 6.07 Å². The second-order valence-corrected chi connectivity index (χ2v) is 8.43. The summed E-state index contributed by atoms with van der Waals surface area (Å²) >= 11 is 0. The lowest BCUT2D eigenvalue weighted by molar-refractivity contribution is 0.0699. The Balaban J connectivity index is 1.39. The number of carbonyl (C=O) groups excluding carboxylic acids is 2. The van der Waals surface area contributed by atoms with Gasteiger partial charge in [-0.25, -0.2) is 9.82 Å². The van der Waals surface area contributed by atoms with Gasteiger partial charge < -0.3 is 9.32 Å². The Morgan fingerprint density at radius 1 is 1.03 bits per heavy atom. The van der Waals surface area contributed by atoms with Gasteiger partial charge in [0.15, 0.2) is 5.76 Å². The summed E-state index contributed by atoms with van der Waals surface area (Å²) in [6.07, 6.45) is 2.94. The molecule has 0 spiro atoms. The number of amides is 2. The molecule has 0 saturated carbocycles. The van der Waals surface area contributed by atoms with Crippen molar-refractivity contribution in [3.63, 3.8) is 0 Å². The SMILES string of the molecule is Cc1c(C(=O)N2CCc3ccccc3C2)oc2c1/C(=N/NC(=O)c1ccccc1F)CCC2. The molecule has 2 aromatic carbocycles. The number of fused-ring (bicyclic) bond motifs is 2. The van der Waals surface area contributed by atoms with Gasteiger partial charge in [0, 0.05) is 30.6 Å². The van der Waals surface area contributed by atoms with E-state index in [-0.39, 0.29) is 11.5 Å². The van der Waals surface area contributed by atoms with Crippen LogP contribution in [0.3, 0.4) is 0 Å². The first-order valence-electron chi connectivity index (χ1n) is 11.1. The highest BCUT2D eigenvalue weighted by Gasteiger charge is 2.31. The molecule has 2 heterocycles. The molecule has 0 unspecified atom stereocenters. The fraction of sp³-hybridized carbons (Fsp3) is 0.269. The van der Waals surface area contributed by atoms with Gasteiger partial charge in [-0.3, -0.25) is 9.59 Å². The average molecular weight is 445 g/mol. The van der Waals surface area contributed by atoms with Crippen molar-refractivity contribution in [1.82, 2.24) is 10.3 Å². The summed E-state index contributed by atoms with van der Waals surface area (Å²) in [5.74, 6) is -0.314. The van der Waals surface area contributed by atoms with E-state index >= 15 is 0 Å². The molecule has 7 heteroatoms. The highest BCUT2D eigenvalue weighted by atomic mass is 19.1. The number of rotatable bonds is 3. The molecule has 6 nitrogen and oxygen atoms in total. The standard InChI is InChI=1S/C26H24FN3O3/c1-16-23-21(28-29-25(31)19-9-4-5-10-20(19)27)11-6-12-22(23)33-24(16)26(32)30-14-13-17-7-2-3-8-18(17)15-30/h2-5,7-10H,6,11-15H2,1H3,(H,29,31)/b28-21+.